The van der Waals surface area contributed by atoms with E-state index in [9.17, 15) is 0 Å². The van der Waals surface area contributed by atoms with Gasteiger partial charge >= 0.3 is 0 Å². The van der Waals surface area contributed by atoms with Crippen molar-refractivity contribution < 1.29 is 4.74 Å². The average Bonchev–Trinajstić information content (AvgIpc) is 3.09. The van der Waals surface area contributed by atoms with Crippen LogP contribution in [-0.2, 0) is 11.2 Å². The Balaban J connectivity index is 1.81. The molecule has 1 aromatic rings. The number of thiazole rings is 1. The smallest absolute Gasteiger partial charge is 0.186 e. The van der Waals surface area contributed by atoms with E-state index in [4.69, 9.17) is 15.5 Å². The van der Waals surface area contributed by atoms with Gasteiger partial charge < -0.3 is 15.4 Å². The van der Waals surface area contributed by atoms with E-state index in [-0.39, 0.29) is 6.04 Å². The van der Waals surface area contributed by atoms with Crippen molar-refractivity contribution in [1.82, 2.24) is 4.98 Å². The number of hydrogen-bond donors (Lipinski definition) is 1. The third-order valence-electron chi connectivity index (χ3n) is 3.75. The van der Waals surface area contributed by atoms with E-state index in [1.54, 1.807) is 18.4 Å². The molecule has 0 saturated heterocycles. The fourth-order valence-electron chi connectivity index (χ4n) is 2.57. The van der Waals surface area contributed by atoms with Gasteiger partial charge in [-0.25, -0.2) is 4.98 Å². The van der Waals surface area contributed by atoms with Crippen molar-refractivity contribution in [3.63, 3.8) is 0 Å². The number of anilines is 1. The molecule has 1 unspecified atom stereocenters. The number of nitrogens with two attached hydrogens (primary N) is 1. The number of rotatable bonds is 5. The molecular formula is C13H21N3OS. The monoisotopic (exact) mass is 267 g/mol. The zero-order valence-electron chi connectivity index (χ0n) is 10.9. The lowest BCUT2D eigenvalue weighted by atomic mass is 9.99. The van der Waals surface area contributed by atoms with Crippen LogP contribution in [0.2, 0.25) is 0 Å². The highest BCUT2D eigenvalue weighted by Crippen LogP contribution is 2.39. The van der Waals surface area contributed by atoms with Crippen molar-refractivity contribution >= 4 is 16.5 Å². The summed E-state index contributed by atoms with van der Waals surface area (Å²) in [6.45, 7) is 1.72. The summed E-state index contributed by atoms with van der Waals surface area (Å²) in [4.78, 5) is 8.56. The van der Waals surface area contributed by atoms with E-state index in [1.807, 2.05) is 0 Å². The Labute approximate surface area is 112 Å². The third-order valence-corrected chi connectivity index (χ3v) is 5.02. The van der Waals surface area contributed by atoms with Gasteiger partial charge in [-0.05, 0) is 32.1 Å². The Hall–Kier alpha value is -0.650. The highest BCUT2D eigenvalue weighted by molar-refractivity contribution is 7.15. The van der Waals surface area contributed by atoms with Gasteiger partial charge in [0.2, 0.25) is 0 Å². The van der Waals surface area contributed by atoms with Crippen LogP contribution in [0.1, 0.15) is 42.3 Å². The molecule has 3 rings (SSSR count). The Kier molecular flexibility index (Phi) is 3.54. The molecule has 0 spiro atoms. The summed E-state index contributed by atoms with van der Waals surface area (Å²) in [6, 6.07) is 0.896. The summed E-state index contributed by atoms with van der Waals surface area (Å²) in [5.41, 5.74) is 7.43. The number of ether oxygens (including phenoxy) is 1. The molecule has 2 aliphatic rings. The van der Waals surface area contributed by atoms with Gasteiger partial charge in [-0.2, -0.15) is 0 Å². The molecule has 1 fully saturated rings. The second kappa shape index (κ2) is 5.15. The Morgan fingerprint density at radius 3 is 2.94 bits per heavy atom. The summed E-state index contributed by atoms with van der Waals surface area (Å²) in [7, 11) is 1.76. The highest BCUT2D eigenvalue weighted by Gasteiger charge is 2.32. The van der Waals surface area contributed by atoms with Crippen LogP contribution in [0.4, 0.5) is 5.13 Å². The molecule has 100 valence electrons. The van der Waals surface area contributed by atoms with Gasteiger partial charge in [-0.1, -0.05) is 11.3 Å². The van der Waals surface area contributed by atoms with Gasteiger partial charge in [0, 0.05) is 30.6 Å². The molecule has 18 heavy (non-hydrogen) atoms. The Morgan fingerprint density at radius 2 is 2.28 bits per heavy atom. The summed E-state index contributed by atoms with van der Waals surface area (Å²) in [5, 5.41) is 1.16. The lowest BCUT2D eigenvalue weighted by Gasteiger charge is -2.20. The lowest BCUT2D eigenvalue weighted by Crippen LogP contribution is -2.29. The van der Waals surface area contributed by atoms with Crippen LogP contribution in [0.5, 0.6) is 0 Å². The maximum Gasteiger partial charge on any atom is 0.186 e. The van der Waals surface area contributed by atoms with Crippen LogP contribution in [-0.4, -0.2) is 31.3 Å². The Morgan fingerprint density at radius 1 is 1.44 bits per heavy atom. The molecular weight excluding hydrogens is 246 g/mol. The molecule has 0 bridgehead atoms. The van der Waals surface area contributed by atoms with E-state index < -0.39 is 0 Å². The third kappa shape index (κ3) is 2.39. The first-order valence-electron chi connectivity index (χ1n) is 6.80. The number of methoxy groups -OCH3 is 1. The van der Waals surface area contributed by atoms with Crippen LogP contribution in [0.15, 0.2) is 0 Å². The largest absolute Gasteiger partial charge is 0.383 e. The topological polar surface area (TPSA) is 51.4 Å². The van der Waals surface area contributed by atoms with E-state index in [1.165, 1.54) is 29.8 Å². The SMILES string of the molecule is COCCN(c1nc2c(s1)C(N)CCC2)C1CC1. The molecule has 1 atom stereocenters. The van der Waals surface area contributed by atoms with Gasteiger partial charge in [-0.3, -0.25) is 0 Å². The first-order valence-corrected chi connectivity index (χ1v) is 7.62. The summed E-state index contributed by atoms with van der Waals surface area (Å²) in [5.74, 6) is 0. The van der Waals surface area contributed by atoms with Crippen LogP contribution in [0.25, 0.3) is 0 Å². The van der Waals surface area contributed by atoms with Crippen LogP contribution < -0.4 is 10.6 Å². The second-order valence-electron chi connectivity index (χ2n) is 5.22. The van der Waals surface area contributed by atoms with Crippen LogP contribution in [0.3, 0.4) is 0 Å². The minimum absolute atomic E-state index is 0.212. The van der Waals surface area contributed by atoms with Gasteiger partial charge in [-0.15, -0.1) is 0 Å². The molecule has 0 radical (unpaired) electrons. The van der Waals surface area contributed by atoms with Gasteiger partial charge in [0.15, 0.2) is 5.13 Å². The second-order valence-corrected chi connectivity index (χ2v) is 6.23. The number of fused-ring (bicyclic) bond motifs is 1. The van der Waals surface area contributed by atoms with E-state index >= 15 is 0 Å². The zero-order valence-corrected chi connectivity index (χ0v) is 11.7. The summed E-state index contributed by atoms with van der Waals surface area (Å²) < 4.78 is 5.21. The lowest BCUT2D eigenvalue weighted by molar-refractivity contribution is 0.205. The fourth-order valence-corrected chi connectivity index (χ4v) is 3.82. The molecule has 2 N–H and O–H groups in total. The standard InChI is InChI=1S/C13H21N3OS/c1-17-8-7-16(9-5-6-9)13-15-11-4-2-3-10(14)12(11)18-13/h9-10H,2-8,14H2,1H3. The van der Waals surface area contributed by atoms with Crippen molar-refractivity contribution in [2.75, 3.05) is 25.2 Å². The van der Waals surface area contributed by atoms with Crippen LogP contribution >= 0.6 is 11.3 Å². The molecule has 4 nitrogen and oxygen atoms in total. The predicted molar refractivity (Wildman–Crippen MR) is 74.2 cm³/mol. The predicted octanol–water partition coefficient (Wildman–Crippen LogP) is 2.09. The molecule has 1 saturated carbocycles. The number of aromatic nitrogens is 1. The molecule has 0 aliphatic heterocycles. The van der Waals surface area contributed by atoms with Crippen LogP contribution in [0, 0.1) is 0 Å². The van der Waals surface area contributed by atoms with Crippen molar-refractivity contribution in [3.05, 3.63) is 10.6 Å². The quantitative estimate of drug-likeness (QED) is 0.887. The average molecular weight is 267 g/mol. The van der Waals surface area contributed by atoms with Gasteiger partial charge in [0.25, 0.3) is 0 Å². The number of aryl methyl sites for hydroxylation is 1. The van der Waals surface area contributed by atoms with E-state index in [0.717, 1.165) is 31.1 Å². The maximum absolute atomic E-state index is 6.18. The molecule has 2 aliphatic carbocycles. The maximum atomic E-state index is 6.18. The van der Waals surface area contributed by atoms with E-state index in [0.29, 0.717) is 6.04 Å². The van der Waals surface area contributed by atoms with Crippen molar-refractivity contribution in [3.8, 4) is 0 Å². The number of nitrogens with zero attached hydrogens (tertiary/aromatic N) is 2. The number of hydrogen-bond acceptors (Lipinski definition) is 5. The minimum atomic E-state index is 0.212. The van der Waals surface area contributed by atoms with Crippen molar-refractivity contribution in [2.45, 2.75) is 44.2 Å². The molecule has 5 heteroatoms. The highest BCUT2D eigenvalue weighted by atomic mass is 32.1. The molecule has 1 aromatic heterocycles. The normalized spacial score (nSPS) is 22.9. The summed E-state index contributed by atoms with van der Waals surface area (Å²) in [6.07, 6.45) is 5.97. The van der Waals surface area contributed by atoms with Crippen molar-refractivity contribution in [1.29, 1.82) is 0 Å². The zero-order chi connectivity index (χ0) is 12.5. The summed E-state index contributed by atoms with van der Waals surface area (Å²) >= 11 is 1.80. The first kappa shape index (κ1) is 12.4. The Bertz CT molecular complexity index is 416. The molecule has 1 heterocycles. The van der Waals surface area contributed by atoms with Crippen molar-refractivity contribution in [2.24, 2.45) is 5.73 Å². The molecule has 0 aromatic carbocycles. The van der Waals surface area contributed by atoms with Gasteiger partial charge in [0.05, 0.1) is 12.3 Å². The minimum Gasteiger partial charge on any atom is -0.383 e. The van der Waals surface area contributed by atoms with Gasteiger partial charge in [0.1, 0.15) is 0 Å². The first-order chi connectivity index (χ1) is 8.79. The molecule has 0 amide bonds. The van der Waals surface area contributed by atoms with E-state index in [2.05, 4.69) is 4.90 Å². The fraction of sp³-hybridized carbons (Fsp3) is 0.769.